The molecular formula is C11H20O2. The van der Waals surface area contributed by atoms with Gasteiger partial charge in [-0.3, -0.25) is 4.79 Å². The Morgan fingerprint density at radius 3 is 2.69 bits per heavy atom. The Morgan fingerprint density at radius 2 is 2.15 bits per heavy atom. The zero-order chi connectivity index (χ0) is 9.90. The lowest BCUT2D eigenvalue weighted by atomic mass is 9.78. The van der Waals surface area contributed by atoms with Crippen LogP contribution in [0, 0.1) is 5.92 Å². The van der Waals surface area contributed by atoms with Gasteiger partial charge in [-0.05, 0) is 33.6 Å². The second-order valence-corrected chi connectivity index (χ2v) is 4.30. The normalized spacial score (nSPS) is 24.8. The average Bonchev–Trinajstić information content (AvgIpc) is 2.04. The van der Waals surface area contributed by atoms with Gasteiger partial charge in [-0.15, -0.1) is 0 Å². The first-order valence-corrected chi connectivity index (χ1v) is 5.24. The molecule has 0 spiro atoms. The van der Waals surface area contributed by atoms with Gasteiger partial charge in [0.15, 0.2) is 0 Å². The van der Waals surface area contributed by atoms with E-state index in [4.69, 9.17) is 4.74 Å². The van der Waals surface area contributed by atoms with E-state index in [0.29, 0.717) is 12.4 Å². The first-order valence-electron chi connectivity index (χ1n) is 5.24. The van der Waals surface area contributed by atoms with Gasteiger partial charge in [0.05, 0.1) is 5.60 Å². The number of ketones is 1. The molecule has 0 aromatic carbocycles. The molecule has 2 heteroatoms. The van der Waals surface area contributed by atoms with Crippen molar-refractivity contribution in [2.24, 2.45) is 5.92 Å². The molecule has 1 aliphatic carbocycles. The van der Waals surface area contributed by atoms with E-state index in [9.17, 15) is 4.79 Å². The zero-order valence-corrected chi connectivity index (χ0v) is 8.93. The maximum atomic E-state index is 11.6. The van der Waals surface area contributed by atoms with Gasteiger partial charge >= 0.3 is 0 Å². The first-order chi connectivity index (χ1) is 6.08. The summed E-state index contributed by atoms with van der Waals surface area (Å²) in [5.74, 6) is 0.519. The van der Waals surface area contributed by atoms with Crippen LogP contribution in [0.15, 0.2) is 0 Å². The summed E-state index contributed by atoms with van der Waals surface area (Å²) >= 11 is 0. The van der Waals surface area contributed by atoms with Crippen LogP contribution in [0.1, 0.15) is 46.5 Å². The van der Waals surface area contributed by atoms with Crippen molar-refractivity contribution in [1.82, 2.24) is 0 Å². The molecule has 76 valence electrons. The SMILES string of the molecule is CCOC(C)(C)C1CCCCC1=O. The minimum absolute atomic E-state index is 0.126. The molecule has 1 atom stereocenters. The summed E-state index contributed by atoms with van der Waals surface area (Å²) in [7, 11) is 0. The molecule has 0 saturated heterocycles. The summed E-state index contributed by atoms with van der Waals surface area (Å²) in [6, 6.07) is 0. The van der Waals surface area contributed by atoms with Gasteiger partial charge in [0.1, 0.15) is 5.78 Å². The van der Waals surface area contributed by atoms with Crippen LogP contribution in [-0.2, 0) is 9.53 Å². The van der Waals surface area contributed by atoms with E-state index in [-0.39, 0.29) is 11.5 Å². The third-order valence-corrected chi connectivity index (χ3v) is 2.91. The van der Waals surface area contributed by atoms with Crippen molar-refractivity contribution in [2.75, 3.05) is 6.61 Å². The molecule has 1 aliphatic rings. The molecule has 1 saturated carbocycles. The molecule has 13 heavy (non-hydrogen) atoms. The molecule has 1 rings (SSSR count). The van der Waals surface area contributed by atoms with Gasteiger partial charge in [0.2, 0.25) is 0 Å². The Kier molecular flexibility index (Phi) is 3.48. The Labute approximate surface area is 80.7 Å². The highest BCUT2D eigenvalue weighted by Gasteiger charge is 2.36. The number of carbonyl (C=O) groups is 1. The lowest BCUT2D eigenvalue weighted by Gasteiger charge is -2.35. The van der Waals surface area contributed by atoms with E-state index >= 15 is 0 Å². The summed E-state index contributed by atoms with van der Waals surface area (Å²) in [4.78, 5) is 11.6. The highest BCUT2D eigenvalue weighted by Crippen LogP contribution is 2.32. The zero-order valence-electron chi connectivity index (χ0n) is 8.93. The van der Waals surface area contributed by atoms with Gasteiger partial charge in [0, 0.05) is 18.9 Å². The van der Waals surface area contributed by atoms with Crippen LogP contribution < -0.4 is 0 Å². The quantitative estimate of drug-likeness (QED) is 0.673. The number of ether oxygens (including phenoxy) is 1. The lowest BCUT2D eigenvalue weighted by molar-refractivity contribution is -0.137. The minimum Gasteiger partial charge on any atom is -0.375 e. The predicted octanol–water partition coefficient (Wildman–Crippen LogP) is 2.56. The van der Waals surface area contributed by atoms with Gasteiger partial charge in [-0.2, -0.15) is 0 Å². The number of hydrogen-bond acceptors (Lipinski definition) is 2. The number of Topliss-reactive ketones (excluding diaryl/α,β-unsaturated/α-hetero) is 1. The van der Waals surface area contributed by atoms with Crippen LogP contribution in [0.5, 0.6) is 0 Å². The topological polar surface area (TPSA) is 26.3 Å². The molecule has 0 radical (unpaired) electrons. The maximum absolute atomic E-state index is 11.6. The number of carbonyl (C=O) groups excluding carboxylic acids is 1. The molecule has 2 nitrogen and oxygen atoms in total. The van der Waals surface area contributed by atoms with Crippen molar-refractivity contribution < 1.29 is 9.53 Å². The fourth-order valence-electron chi connectivity index (χ4n) is 2.19. The average molecular weight is 184 g/mol. The molecule has 0 bridgehead atoms. The smallest absolute Gasteiger partial charge is 0.138 e. The van der Waals surface area contributed by atoms with Crippen molar-refractivity contribution in [3.05, 3.63) is 0 Å². The molecule has 0 heterocycles. The standard InChI is InChI=1S/C11H20O2/c1-4-13-11(2,3)9-7-5-6-8-10(9)12/h9H,4-8H2,1-3H3. The molecule has 0 aromatic heterocycles. The van der Waals surface area contributed by atoms with Crippen LogP contribution in [0.3, 0.4) is 0 Å². The highest BCUT2D eigenvalue weighted by atomic mass is 16.5. The van der Waals surface area contributed by atoms with Crippen LogP contribution in [-0.4, -0.2) is 18.0 Å². The van der Waals surface area contributed by atoms with Gasteiger partial charge in [0.25, 0.3) is 0 Å². The molecule has 1 fully saturated rings. The first kappa shape index (κ1) is 10.7. The van der Waals surface area contributed by atoms with Crippen molar-refractivity contribution in [3.8, 4) is 0 Å². The molecule has 0 N–H and O–H groups in total. The van der Waals surface area contributed by atoms with E-state index in [2.05, 4.69) is 0 Å². The predicted molar refractivity (Wildman–Crippen MR) is 52.7 cm³/mol. The van der Waals surface area contributed by atoms with Gasteiger partial charge < -0.3 is 4.74 Å². The van der Waals surface area contributed by atoms with Gasteiger partial charge in [-0.1, -0.05) is 6.42 Å². The third-order valence-electron chi connectivity index (χ3n) is 2.91. The fraction of sp³-hybridized carbons (Fsp3) is 0.909. The molecule has 0 aromatic rings. The van der Waals surface area contributed by atoms with E-state index in [1.807, 2.05) is 20.8 Å². The van der Waals surface area contributed by atoms with E-state index in [1.165, 1.54) is 6.42 Å². The largest absolute Gasteiger partial charge is 0.375 e. The molecular weight excluding hydrogens is 164 g/mol. The molecule has 0 amide bonds. The third kappa shape index (κ3) is 2.53. The van der Waals surface area contributed by atoms with Gasteiger partial charge in [-0.25, -0.2) is 0 Å². The van der Waals surface area contributed by atoms with Crippen molar-refractivity contribution in [2.45, 2.75) is 52.1 Å². The molecule has 0 aliphatic heterocycles. The molecule has 1 unspecified atom stereocenters. The van der Waals surface area contributed by atoms with Crippen molar-refractivity contribution >= 4 is 5.78 Å². The van der Waals surface area contributed by atoms with Crippen LogP contribution in [0.4, 0.5) is 0 Å². The second-order valence-electron chi connectivity index (χ2n) is 4.30. The van der Waals surface area contributed by atoms with E-state index in [0.717, 1.165) is 19.3 Å². The Hall–Kier alpha value is -0.370. The minimum atomic E-state index is -0.258. The summed E-state index contributed by atoms with van der Waals surface area (Å²) in [5, 5.41) is 0. The summed E-state index contributed by atoms with van der Waals surface area (Å²) in [6.07, 6.45) is 4.00. The Bertz CT molecular complexity index is 185. The van der Waals surface area contributed by atoms with Crippen molar-refractivity contribution in [1.29, 1.82) is 0 Å². The van der Waals surface area contributed by atoms with Crippen molar-refractivity contribution in [3.63, 3.8) is 0 Å². The lowest BCUT2D eigenvalue weighted by Crippen LogP contribution is -2.41. The monoisotopic (exact) mass is 184 g/mol. The van der Waals surface area contributed by atoms with Crippen LogP contribution >= 0.6 is 0 Å². The number of rotatable bonds is 3. The van der Waals surface area contributed by atoms with E-state index < -0.39 is 0 Å². The summed E-state index contributed by atoms with van der Waals surface area (Å²) in [6.45, 7) is 6.74. The van der Waals surface area contributed by atoms with E-state index in [1.54, 1.807) is 0 Å². The number of hydrogen-bond donors (Lipinski definition) is 0. The fourth-order valence-corrected chi connectivity index (χ4v) is 2.19. The maximum Gasteiger partial charge on any atom is 0.138 e. The Balaban J connectivity index is 2.61. The second kappa shape index (κ2) is 4.23. The summed E-state index contributed by atoms with van der Waals surface area (Å²) in [5.41, 5.74) is -0.258. The van der Waals surface area contributed by atoms with Crippen LogP contribution in [0.25, 0.3) is 0 Å². The van der Waals surface area contributed by atoms with Crippen LogP contribution in [0.2, 0.25) is 0 Å². The highest BCUT2D eigenvalue weighted by molar-refractivity contribution is 5.82. The Morgan fingerprint density at radius 1 is 1.46 bits per heavy atom. The summed E-state index contributed by atoms with van der Waals surface area (Å²) < 4.78 is 5.62.